The van der Waals surface area contributed by atoms with Gasteiger partial charge in [-0.15, -0.1) is 0 Å². The molecule has 0 fully saturated rings. The molecule has 0 aliphatic carbocycles. The number of benzene rings is 1. The Morgan fingerprint density at radius 2 is 2.00 bits per heavy atom. The fourth-order valence-corrected chi connectivity index (χ4v) is 1.08. The summed E-state index contributed by atoms with van der Waals surface area (Å²) in [6.07, 6.45) is 0. The summed E-state index contributed by atoms with van der Waals surface area (Å²) >= 11 is 0. The van der Waals surface area contributed by atoms with Crippen molar-refractivity contribution in [1.82, 2.24) is 0 Å². The van der Waals surface area contributed by atoms with Gasteiger partial charge in [0.05, 0.1) is 13.7 Å². The fraction of sp³-hybridized carbons (Fsp3) is 0.364. The smallest absolute Gasteiger partial charge is 0.325 e. The third-order valence-electron chi connectivity index (χ3n) is 1.83. The standard InChI is InChI=1S/C11H15NO3/c1-3-15-10-6-4-9(5-7-10)12-8-11(13)14-2/h4-7,12H,3,8H2,1-2H3. The maximum absolute atomic E-state index is 10.8. The molecular weight excluding hydrogens is 194 g/mol. The lowest BCUT2D eigenvalue weighted by Crippen LogP contribution is -2.14. The van der Waals surface area contributed by atoms with Crippen LogP contribution in [0.15, 0.2) is 24.3 Å². The summed E-state index contributed by atoms with van der Waals surface area (Å²) in [6.45, 7) is 2.75. The van der Waals surface area contributed by atoms with E-state index in [4.69, 9.17) is 4.74 Å². The van der Waals surface area contributed by atoms with Crippen LogP contribution in [0.4, 0.5) is 5.69 Å². The summed E-state index contributed by atoms with van der Waals surface area (Å²) < 4.78 is 9.80. The molecule has 1 N–H and O–H groups in total. The van der Waals surface area contributed by atoms with Gasteiger partial charge in [0.15, 0.2) is 0 Å². The van der Waals surface area contributed by atoms with Gasteiger partial charge in [0.25, 0.3) is 0 Å². The second kappa shape index (κ2) is 5.90. The van der Waals surface area contributed by atoms with Crippen LogP contribution in [0.2, 0.25) is 0 Å². The highest BCUT2D eigenvalue weighted by molar-refractivity contribution is 5.74. The Bertz CT molecular complexity index is 308. The third kappa shape index (κ3) is 3.89. The van der Waals surface area contributed by atoms with Gasteiger partial charge in [0.2, 0.25) is 0 Å². The highest BCUT2D eigenvalue weighted by atomic mass is 16.5. The number of esters is 1. The molecule has 1 rings (SSSR count). The molecule has 0 radical (unpaired) electrons. The topological polar surface area (TPSA) is 47.6 Å². The second-order valence-electron chi connectivity index (χ2n) is 2.89. The van der Waals surface area contributed by atoms with E-state index in [1.807, 2.05) is 31.2 Å². The second-order valence-corrected chi connectivity index (χ2v) is 2.89. The molecular formula is C11H15NO3. The van der Waals surface area contributed by atoms with Crippen LogP contribution in [0.3, 0.4) is 0 Å². The van der Waals surface area contributed by atoms with Crippen molar-refractivity contribution in [3.63, 3.8) is 0 Å². The van der Waals surface area contributed by atoms with Gasteiger partial charge in [-0.3, -0.25) is 4.79 Å². The quantitative estimate of drug-likeness (QED) is 0.749. The molecule has 0 amide bonds. The molecule has 0 bridgehead atoms. The number of methoxy groups -OCH3 is 1. The van der Waals surface area contributed by atoms with Crippen LogP contribution < -0.4 is 10.1 Å². The number of nitrogens with one attached hydrogen (secondary N) is 1. The SMILES string of the molecule is CCOc1ccc(NCC(=O)OC)cc1. The van der Waals surface area contributed by atoms with Gasteiger partial charge in [0.1, 0.15) is 12.3 Å². The molecule has 0 saturated carbocycles. The average Bonchev–Trinajstić information content (AvgIpc) is 2.28. The van der Waals surface area contributed by atoms with Crippen molar-refractivity contribution in [3.05, 3.63) is 24.3 Å². The first kappa shape index (κ1) is 11.4. The molecule has 0 aliphatic rings. The van der Waals surface area contributed by atoms with E-state index in [1.54, 1.807) is 0 Å². The van der Waals surface area contributed by atoms with Gasteiger partial charge in [-0.05, 0) is 31.2 Å². The number of anilines is 1. The van der Waals surface area contributed by atoms with E-state index in [-0.39, 0.29) is 12.5 Å². The molecule has 15 heavy (non-hydrogen) atoms. The fourth-order valence-electron chi connectivity index (χ4n) is 1.08. The van der Waals surface area contributed by atoms with E-state index < -0.39 is 0 Å². The molecule has 0 atom stereocenters. The summed E-state index contributed by atoms with van der Waals surface area (Å²) in [5, 5.41) is 2.93. The minimum atomic E-state index is -0.288. The molecule has 0 aromatic heterocycles. The maximum Gasteiger partial charge on any atom is 0.325 e. The van der Waals surface area contributed by atoms with Gasteiger partial charge < -0.3 is 14.8 Å². The maximum atomic E-state index is 10.8. The van der Waals surface area contributed by atoms with Crippen molar-refractivity contribution < 1.29 is 14.3 Å². The summed E-state index contributed by atoms with van der Waals surface area (Å²) in [5.41, 5.74) is 0.865. The lowest BCUT2D eigenvalue weighted by molar-refractivity contribution is -0.138. The number of carbonyl (C=O) groups excluding carboxylic acids is 1. The molecule has 0 unspecified atom stereocenters. The molecule has 4 nitrogen and oxygen atoms in total. The Balaban J connectivity index is 2.45. The van der Waals surface area contributed by atoms with Crippen LogP contribution in [0.25, 0.3) is 0 Å². The first-order valence-corrected chi connectivity index (χ1v) is 4.79. The third-order valence-corrected chi connectivity index (χ3v) is 1.83. The molecule has 0 saturated heterocycles. The van der Waals surface area contributed by atoms with Crippen molar-refractivity contribution in [3.8, 4) is 5.75 Å². The van der Waals surface area contributed by atoms with Crippen molar-refractivity contribution >= 4 is 11.7 Å². The highest BCUT2D eigenvalue weighted by Gasteiger charge is 1.99. The van der Waals surface area contributed by atoms with E-state index >= 15 is 0 Å². The van der Waals surface area contributed by atoms with E-state index in [0.717, 1.165) is 11.4 Å². The number of rotatable bonds is 5. The molecule has 1 aromatic rings. The summed E-state index contributed by atoms with van der Waals surface area (Å²) in [4.78, 5) is 10.8. The Morgan fingerprint density at radius 3 is 2.53 bits per heavy atom. The highest BCUT2D eigenvalue weighted by Crippen LogP contribution is 2.15. The summed E-state index contributed by atoms with van der Waals surface area (Å²) in [5.74, 6) is 0.532. The van der Waals surface area contributed by atoms with Gasteiger partial charge in [-0.25, -0.2) is 0 Å². The van der Waals surface area contributed by atoms with E-state index in [2.05, 4.69) is 10.1 Å². The average molecular weight is 209 g/mol. The summed E-state index contributed by atoms with van der Waals surface area (Å²) in [7, 11) is 1.36. The van der Waals surface area contributed by atoms with E-state index in [1.165, 1.54) is 7.11 Å². The monoisotopic (exact) mass is 209 g/mol. The first-order valence-electron chi connectivity index (χ1n) is 4.79. The van der Waals surface area contributed by atoms with Crippen LogP contribution in [0, 0.1) is 0 Å². The molecule has 0 spiro atoms. The van der Waals surface area contributed by atoms with Gasteiger partial charge in [-0.1, -0.05) is 0 Å². The predicted octanol–water partition coefficient (Wildman–Crippen LogP) is 1.67. The summed E-state index contributed by atoms with van der Waals surface area (Å²) in [6, 6.07) is 7.41. The van der Waals surface area contributed by atoms with Gasteiger partial charge in [0, 0.05) is 5.69 Å². The lowest BCUT2D eigenvalue weighted by atomic mass is 10.3. The van der Waals surface area contributed by atoms with Crippen molar-refractivity contribution in [2.75, 3.05) is 25.6 Å². The van der Waals surface area contributed by atoms with E-state index in [9.17, 15) is 4.79 Å². The largest absolute Gasteiger partial charge is 0.494 e. The molecule has 0 heterocycles. The van der Waals surface area contributed by atoms with Crippen LogP contribution in [-0.2, 0) is 9.53 Å². The lowest BCUT2D eigenvalue weighted by Gasteiger charge is -2.06. The van der Waals surface area contributed by atoms with Crippen molar-refractivity contribution in [2.24, 2.45) is 0 Å². The van der Waals surface area contributed by atoms with E-state index in [0.29, 0.717) is 6.61 Å². The first-order chi connectivity index (χ1) is 7.26. The zero-order chi connectivity index (χ0) is 11.1. The van der Waals surface area contributed by atoms with Crippen LogP contribution >= 0.6 is 0 Å². The number of hydrogen-bond donors (Lipinski definition) is 1. The van der Waals surface area contributed by atoms with Crippen molar-refractivity contribution in [2.45, 2.75) is 6.92 Å². The number of hydrogen-bond acceptors (Lipinski definition) is 4. The normalized spacial score (nSPS) is 9.47. The Morgan fingerprint density at radius 1 is 1.33 bits per heavy atom. The molecule has 0 aliphatic heterocycles. The molecule has 1 aromatic carbocycles. The van der Waals surface area contributed by atoms with Crippen LogP contribution in [0.1, 0.15) is 6.92 Å². The predicted molar refractivity (Wildman–Crippen MR) is 58.1 cm³/mol. The Kier molecular flexibility index (Phi) is 4.47. The zero-order valence-electron chi connectivity index (χ0n) is 8.95. The number of carbonyl (C=O) groups is 1. The van der Waals surface area contributed by atoms with Gasteiger partial charge in [-0.2, -0.15) is 0 Å². The molecule has 82 valence electrons. The Labute approximate surface area is 89.2 Å². The van der Waals surface area contributed by atoms with Crippen molar-refractivity contribution in [1.29, 1.82) is 0 Å². The van der Waals surface area contributed by atoms with Gasteiger partial charge >= 0.3 is 5.97 Å². The minimum absolute atomic E-state index is 0.171. The van der Waals surface area contributed by atoms with Crippen LogP contribution in [0.5, 0.6) is 5.75 Å². The molecule has 4 heteroatoms. The Hall–Kier alpha value is -1.71. The zero-order valence-corrected chi connectivity index (χ0v) is 8.95. The number of ether oxygens (including phenoxy) is 2. The van der Waals surface area contributed by atoms with Crippen LogP contribution in [-0.4, -0.2) is 26.2 Å². The minimum Gasteiger partial charge on any atom is -0.494 e.